The standard InChI is InChI=1S/C17H17Cl2N3O4S/c1-8-3-4-9-11(5-8)27-15(13(9)17(25)26-2)21-12(23)7-22-16(24)14(19)10(18)6-20-22/h6,8H,3-5,7H2,1-2H3,(H,21,23). The Hall–Kier alpha value is -1.90. The number of anilines is 1. The number of hydrogen-bond acceptors (Lipinski definition) is 6. The molecule has 0 saturated heterocycles. The van der Waals surface area contributed by atoms with Crippen molar-refractivity contribution in [2.24, 2.45) is 5.92 Å². The lowest BCUT2D eigenvalue weighted by Gasteiger charge is -2.18. The van der Waals surface area contributed by atoms with E-state index in [2.05, 4.69) is 17.3 Å². The lowest BCUT2D eigenvalue weighted by atomic mass is 9.88. The number of nitrogens with one attached hydrogen (secondary N) is 1. The van der Waals surface area contributed by atoms with Crippen molar-refractivity contribution in [3.05, 3.63) is 42.6 Å². The molecule has 144 valence electrons. The fourth-order valence-corrected chi connectivity index (χ4v) is 4.70. The molecule has 0 bridgehead atoms. The van der Waals surface area contributed by atoms with Gasteiger partial charge in [-0.3, -0.25) is 9.59 Å². The zero-order valence-corrected chi connectivity index (χ0v) is 17.0. The van der Waals surface area contributed by atoms with Gasteiger partial charge in [0, 0.05) is 4.88 Å². The zero-order valence-electron chi connectivity index (χ0n) is 14.7. The highest BCUT2D eigenvalue weighted by Crippen LogP contribution is 2.40. The van der Waals surface area contributed by atoms with E-state index >= 15 is 0 Å². The van der Waals surface area contributed by atoms with Crippen molar-refractivity contribution in [2.45, 2.75) is 32.7 Å². The molecule has 1 unspecified atom stereocenters. The zero-order chi connectivity index (χ0) is 19.7. The predicted molar refractivity (Wildman–Crippen MR) is 104 cm³/mol. The van der Waals surface area contributed by atoms with Gasteiger partial charge in [-0.1, -0.05) is 30.1 Å². The van der Waals surface area contributed by atoms with Gasteiger partial charge >= 0.3 is 5.97 Å². The van der Waals surface area contributed by atoms with Crippen molar-refractivity contribution >= 4 is 51.4 Å². The molecule has 2 aromatic rings. The highest BCUT2D eigenvalue weighted by atomic mass is 35.5. The second-order valence-electron chi connectivity index (χ2n) is 6.36. The van der Waals surface area contributed by atoms with Crippen molar-refractivity contribution in [2.75, 3.05) is 12.4 Å². The molecule has 0 spiro atoms. The summed E-state index contributed by atoms with van der Waals surface area (Å²) in [5, 5.41) is 6.77. The van der Waals surface area contributed by atoms with Gasteiger partial charge in [-0.25, -0.2) is 9.48 Å². The number of nitrogens with zero attached hydrogens (tertiary/aromatic N) is 2. The van der Waals surface area contributed by atoms with Crippen molar-refractivity contribution in [1.29, 1.82) is 0 Å². The normalized spacial score (nSPS) is 15.9. The first kappa shape index (κ1) is 19.9. The third kappa shape index (κ3) is 4.02. The van der Waals surface area contributed by atoms with Crippen LogP contribution in [0.4, 0.5) is 5.00 Å². The molecule has 1 aliphatic rings. The fraction of sp³-hybridized carbons (Fsp3) is 0.412. The quantitative estimate of drug-likeness (QED) is 0.753. The van der Waals surface area contributed by atoms with Crippen LogP contribution in [0.15, 0.2) is 11.0 Å². The van der Waals surface area contributed by atoms with Gasteiger partial charge in [-0.2, -0.15) is 5.10 Å². The van der Waals surface area contributed by atoms with E-state index < -0.39 is 17.4 Å². The predicted octanol–water partition coefficient (Wildman–Crippen LogP) is 3.16. The topological polar surface area (TPSA) is 90.3 Å². The van der Waals surface area contributed by atoms with Crippen molar-refractivity contribution in [3.8, 4) is 0 Å². The monoisotopic (exact) mass is 429 g/mol. The molecule has 3 rings (SSSR count). The average molecular weight is 430 g/mol. The lowest BCUT2D eigenvalue weighted by molar-refractivity contribution is -0.117. The summed E-state index contributed by atoms with van der Waals surface area (Å²) in [6, 6.07) is 0. The largest absolute Gasteiger partial charge is 0.465 e. The number of amides is 1. The maximum atomic E-state index is 12.4. The summed E-state index contributed by atoms with van der Waals surface area (Å²) in [7, 11) is 1.31. The molecule has 1 atom stereocenters. The van der Waals surface area contributed by atoms with Gasteiger partial charge in [0.25, 0.3) is 5.56 Å². The number of ether oxygens (including phenoxy) is 1. The molecular formula is C17H17Cl2N3O4S. The van der Waals surface area contributed by atoms with Crippen molar-refractivity contribution in [3.63, 3.8) is 0 Å². The van der Waals surface area contributed by atoms with Gasteiger partial charge in [0.2, 0.25) is 5.91 Å². The van der Waals surface area contributed by atoms with Gasteiger partial charge in [-0.15, -0.1) is 11.3 Å². The molecule has 1 amide bonds. The minimum Gasteiger partial charge on any atom is -0.465 e. The van der Waals surface area contributed by atoms with E-state index in [1.54, 1.807) is 0 Å². The van der Waals surface area contributed by atoms with E-state index in [-0.39, 0.29) is 16.6 Å². The first-order chi connectivity index (χ1) is 12.8. The molecule has 0 radical (unpaired) electrons. The molecule has 2 heterocycles. The van der Waals surface area contributed by atoms with Gasteiger partial charge in [-0.05, 0) is 30.7 Å². The van der Waals surface area contributed by atoms with Crippen LogP contribution in [0.5, 0.6) is 0 Å². The molecular weight excluding hydrogens is 413 g/mol. The maximum Gasteiger partial charge on any atom is 0.341 e. The third-order valence-corrected chi connectivity index (χ3v) is 6.31. The summed E-state index contributed by atoms with van der Waals surface area (Å²) in [5.41, 5.74) is 0.670. The van der Waals surface area contributed by atoms with Crippen molar-refractivity contribution < 1.29 is 14.3 Å². The smallest absolute Gasteiger partial charge is 0.341 e. The van der Waals surface area contributed by atoms with Crippen LogP contribution in [0.25, 0.3) is 0 Å². The van der Waals surface area contributed by atoms with Crippen LogP contribution >= 0.6 is 34.5 Å². The van der Waals surface area contributed by atoms with Gasteiger partial charge in [0.1, 0.15) is 16.6 Å². The Morgan fingerprint density at radius 2 is 2.19 bits per heavy atom. The molecule has 0 aliphatic heterocycles. The van der Waals surface area contributed by atoms with Gasteiger partial charge in [0.05, 0.1) is 23.9 Å². The minimum atomic E-state index is -0.660. The molecule has 1 N–H and O–H groups in total. The second-order valence-corrected chi connectivity index (χ2v) is 8.26. The number of rotatable bonds is 4. The highest BCUT2D eigenvalue weighted by Gasteiger charge is 2.29. The maximum absolute atomic E-state index is 12.4. The molecule has 1 aliphatic carbocycles. The summed E-state index contributed by atoms with van der Waals surface area (Å²) in [5.74, 6) is -0.467. The van der Waals surface area contributed by atoms with Crippen LogP contribution < -0.4 is 10.9 Å². The van der Waals surface area contributed by atoms with E-state index in [9.17, 15) is 14.4 Å². The first-order valence-corrected chi connectivity index (χ1v) is 9.82. The van der Waals surface area contributed by atoms with Crippen LogP contribution in [0.1, 0.15) is 34.1 Å². The molecule has 27 heavy (non-hydrogen) atoms. The summed E-state index contributed by atoms with van der Waals surface area (Å²) in [4.78, 5) is 37.8. The summed E-state index contributed by atoms with van der Waals surface area (Å²) in [6.07, 6.45) is 3.79. The molecule has 0 saturated carbocycles. The molecule has 0 fully saturated rings. The number of carbonyl (C=O) groups excluding carboxylic acids is 2. The van der Waals surface area contributed by atoms with Crippen LogP contribution in [0.2, 0.25) is 10.0 Å². The number of carbonyl (C=O) groups is 2. The summed E-state index contributed by atoms with van der Waals surface area (Å²) in [6.45, 7) is 1.80. The van der Waals surface area contributed by atoms with E-state index in [0.717, 1.165) is 34.4 Å². The number of esters is 1. The Morgan fingerprint density at radius 3 is 2.89 bits per heavy atom. The number of halogens is 2. The van der Waals surface area contributed by atoms with Crippen molar-refractivity contribution in [1.82, 2.24) is 9.78 Å². The Balaban J connectivity index is 1.87. The minimum absolute atomic E-state index is 0.0198. The highest BCUT2D eigenvalue weighted by molar-refractivity contribution is 7.17. The van der Waals surface area contributed by atoms with Crippen LogP contribution in [0.3, 0.4) is 0 Å². The van der Waals surface area contributed by atoms with E-state index in [0.29, 0.717) is 16.5 Å². The fourth-order valence-electron chi connectivity index (χ4n) is 3.02. The Kier molecular flexibility index (Phi) is 5.88. The Morgan fingerprint density at radius 1 is 1.44 bits per heavy atom. The van der Waals surface area contributed by atoms with E-state index in [4.69, 9.17) is 27.9 Å². The van der Waals surface area contributed by atoms with Crippen LogP contribution in [-0.2, 0) is 28.9 Å². The molecule has 10 heteroatoms. The van der Waals surface area contributed by atoms with E-state index in [1.165, 1.54) is 24.6 Å². The number of methoxy groups -OCH3 is 1. The Bertz CT molecular complexity index is 970. The summed E-state index contributed by atoms with van der Waals surface area (Å²) >= 11 is 12.9. The molecule has 2 aromatic heterocycles. The Labute approximate surface area is 169 Å². The number of hydrogen-bond donors (Lipinski definition) is 1. The van der Waals surface area contributed by atoms with Crippen LogP contribution in [0, 0.1) is 5.92 Å². The van der Waals surface area contributed by atoms with E-state index in [1.807, 2.05) is 0 Å². The number of fused-ring (bicyclic) bond motifs is 1. The number of thiophene rings is 1. The number of aromatic nitrogens is 2. The molecule has 0 aromatic carbocycles. The van der Waals surface area contributed by atoms with Gasteiger partial charge in [0.15, 0.2) is 0 Å². The third-order valence-electron chi connectivity index (χ3n) is 4.39. The SMILES string of the molecule is COC(=O)c1c(NC(=O)Cn2ncc(Cl)c(Cl)c2=O)sc2c1CCC(C)C2. The summed E-state index contributed by atoms with van der Waals surface area (Å²) < 4.78 is 5.81. The lowest BCUT2D eigenvalue weighted by Crippen LogP contribution is -2.30. The average Bonchev–Trinajstić information content (AvgIpc) is 2.98. The second kappa shape index (κ2) is 8.00. The van der Waals surface area contributed by atoms with Crippen LogP contribution in [-0.4, -0.2) is 28.8 Å². The first-order valence-electron chi connectivity index (χ1n) is 8.25. The molecule has 7 nitrogen and oxygen atoms in total. The van der Waals surface area contributed by atoms with Gasteiger partial charge < -0.3 is 10.1 Å².